The second-order valence-electron chi connectivity index (χ2n) is 7.87. The van der Waals surface area contributed by atoms with Crippen LogP contribution in [0, 0.1) is 0 Å². The molecule has 5 rings (SSSR count). The van der Waals surface area contributed by atoms with Gasteiger partial charge in [-0.2, -0.15) is 8.78 Å². The van der Waals surface area contributed by atoms with Crippen LogP contribution in [-0.4, -0.2) is 49.1 Å². The van der Waals surface area contributed by atoms with Crippen molar-refractivity contribution in [1.82, 2.24) is 35.0 Å². The molecule has 0 aliphatic carbocycles. The first kappa shape index (κ1) is 21.6. The van der Waals surface area contributed by atoms with Gasteiger partial charge in [-0.3, -0.25) is 0 Å². The highest BCUT2D eigenvalue weighted by Crippen LogP contribution is 2.32. The van der Waals surface area contributed by atoms with Crippen LogP contribution < -0.4 is 5.32 Å². The van der Waals surface area contributed by atoms with Crippen molar-refractivity contribution in [2.75, 3.05) is 19.4 Å². The molecule has 0 spiro atoms. The van der Waals surface area contributed by atoms with Gasteiger partial charge in [0.1, 0.15) is 5.82 Å². The van der Waals surface area contributed by atoms with Crippen LogP contribution in [0.25, 0.3) is 33.6 Å². The molecule has 3 aromatic heterocycles. The van der Waals surface area contributed by atoms with Crippen LogP contribution in [0.2, 0.25) is 0 Å². The van der Waals surface area contributed by atoms with E-state index in [0.29, 0.717) is 18.1 Å². The summed E-state index contributed by atoms with van der Waals surface area (Å²) in [6, 6.07) is 13.9. The zero-order valence-electron chi connectivity index (χ0n) is 18.3. The van der Waals surface area contributed by atoms with E-state index in [1.54, 1.807) is 0 Å². The van der Waals surface area contributed by atoms with Crippen LogP contribution in [0.5, 0.6) is 0 Å². The van der Waals surface area contributed by atoms with Gasteiger partial charge in [-0.05, 0) is 31.8 Å². The molecular weight excluding hydrogens is 442 g/mol. The minimum atomic E-state index is -2.84. The monoisotopic (exact) mass is 462 g/mol. The Hall–Kier alpha value is -4.25. The van der Waals surface area contributed by atoms with Crippen LogP contribution >= 0.6 is 0 Å². The number of aromatic amines is 1. The van der Waals surface area contributed by atoms with E-state index in [-0.39, 0.29) is 5.89 Å². The molecule has 0 saturated heterocycles. The highest BCUT2D eigenvalue weighted by atomic mass is 19.3. The first-order chi connectivity index (χ1) is 16.5. The number of benzene rings is 2. The van der Waals surface area contributed by atoms with E-state index in [1.807, 2.05) is 61.5 Å². The number of nitrogens with one attached hydrogen (secondary N) is 2. The maximum Gasteiger partial charge on any atom is 0.314 e. The Morgan fingerprint density at radius 2 is 1.79 bits per heavy atom. The lowest BCUT2D eigenvalue weighted by Gasteiger charge is -2.09. The Bertz CT molecular complexity index is 1410. The number of aromatic nitrogens is 6. The normalized spacial score (nSPS) is 11.6. The molecule has 0 fully saturated rings. The molecule has 2 aromatic carbocycles. The van der Waals surface area contributed by atoms with Crippen molar-refractivity contribution >= 4 is 22.7 Å². The summed E-state index contributed by atoms with van der Waals surface area (Å²) in [6.45, 7) is 0.680. The van der Waals surface area contributed by atoms with Gasteiger partial charge in [0.2, 0.25) is 5.95 Å². The van der Waals surface area contributed by atoms with E-state index < -0.39 is 12.3 Å². The van der Waals surface area contributed by atoms with Crippen molar-refractivity contribution < 1.29 is 13.2 Å². The quantitative estimate of drug-likeness (QED) is 0.355. The van der Waals surface area contributed by atoms with Crippen molar-refractivity contribution in [2.45, 2.75) is 13.0 Å². The van der Waals surface area contributed by atoms with E-state index in [2.05, 4.69) is 30.5 Å². The van der Waals surface area contributed by atoms with Crippen molar-refractivity contribution in [3.05, 3.63) is 66.6 Å². The molecule has 0 saturated carbocycles. The summed E-state index contributed by atoms with van der Waals surface area (Å²) in [5.41, 5.74) is 4.84. The lowest BCUT2D eigenvalue weighted by molar-refractivity contribution is 0.116. The number of hydrogen-bond acceptors (Lipinski definition) is 8. The Morgan fingerprint density at radius 1 is 1.03 bits per heavy atom. The predicted octanol–water partition coefficient (Wildman–Crippen LogP) is 4.81. The minimum absolute atomic E-state index is 0.0690. The number of H-pyrrole nitrogens is 1. The number of fused-ring (bicyclic) bond motifs is 1. The van der Waals surface area contributed by atoms with Gasteiger partial charge in [-0.15, -0.1) is 10.2 Å². The summed E-state index contributed by atoms with van der Waals surface area (Å²) in [5, 5.41) is 10.1. The molecular formula is C23H20F2N8O. The summed E-state index contributed by atoms with van der Waals surface area (Å²) >= 11 is 0. The maximum absolute atomic E-state index is 12.7. The van der Waals surface area contributed by atoms with Gasteiger partial charge in [-0.25, -0.2) is 15.0 Å². The van der Waals surface area contributed by atoms with Crippen LogP contribution in [0.1, 0.15) is 18.1 Å². The molecule has 3 heterocycles. The van der Waals surface area contributed by atoms with Crippen molar-refractivity contribution in [3.63, 3.8) is 0 Å². The molecule has 172 valence electrons. The maximum atomic E-state index is 12.7. The van der Waals surface area contributed by atoms with Crippen molar-refractivity contribution in [1.29, 1.82) is 0 Å². The molecule has 0 aliphatic rings. The molecule has 9 nitrogen and oxygen atoms in total. The molecule has 0 radical (unpaired) electrons. The molecule has 0 atom stereocenters. The number of nitrogens with zero attached hydrogens (tertiary/aromatic N) is 6. The molecule has 2 N–H and O–H groups in total. The van der Waals surface area contributed by atoms with Crippen LogP contribution in [0.15, 0.2) is 59.3 Å². The van der Waals surface area contributed by atoms with Gasteiger partial charge in [0.05, 0.1) is 23.1 Å². The zero-order chi connectivity index (χ0) is 23.7. The first-order valence-corrected chi connectivity index (χ1v) is 10.4. The third-order valence-electron chi connectivity index (χ3n) is 4.97. The van der Waals surface area contributed by atoms with Crippen LogP contribution in [0.4, 0.5) is 20.4 Å². The summed E-state index contributed by atoms with van der Waals surface area (Å²) < 4.78 is 30.3. The third kappa shape index (κ3) is 4.46. The Morgan fingerprint density at radius 3 is 2.47 bits per heavy atom. The fraction of sp³-hybridized carbons (Fsp3) is 0.174. The largest absolute Gasteiger partial charge is 0.415 e. The second kappa shape index (κ2) is 8.94. The fourth-order valence-corrected chi connectivity index (χ4v) is 3.52. The Kier molecular flexibility index (Phi) is 5.68. The highest BCUT2D eigenvalue weighted by molar-refractivity contribution is 5.95. The van der Waals surface area contributed by atoms with Crippen molar-refractivity contribution in [2.24, 2.45) is 0 Å². The van der Waals surface area contributed by atoms with E-state index >= 15 is 0 Å². The zero-order valence-corrected chi connectivity index (χ0v) is 18.3. The van der Waals surface area contributed by atoms with Gasteiger partial charge in [0, 0.05) is 23.6 Å². The summed E-state index contributed by atoms with van der Waals surface area (Å²) in [7, 11) is 3.98. The van der Waals surface area contributed by atoms with Crippen LogP contribution in [0.3, 0.4) is 0 Å². The summed E-state index contributed by atoms with van der Waals surface area (Å²) in [6.07, 6.45) is 0.0258. The number of anilines is 2. The van der Waals surface area contributed by atoms with Gasteiger partial charge < -0.3 is 19.6 Å². The number of alkyl halides is 2. The van der Waals surface area contributed by atoms with E-state index in [4.69, 9.17) is 9.40 Å². The molecule has 0 amide bonds. The molecule has 5 aromatic rings. The van der Waals surface area contributed by atoms with Crippen LogP contribution in [-0.2, 0) is 6.54 Å². The average Bonchev–Trinajstić information content (AvgIpc) is 3.46. The van der Waals surface area contributed by atoms with E-state index in [9.17, 15) is 8.78 Å². The molecule has 34 heavy (non-hydrogen) atoms. The minimum Gasteiger partial charge on any atom is -0.415 e. The van der Waals surface area contributed by atoms with Crippen molar-refractivity contribution in [3.8, 4) is 22.6 Å². The highest BCUT2D eigenvalue weighted by Gasteiger charge is 2.18. The SMILES string of the molecule is CN(C)Cc1nc2c(-c3ccccc3)cc(Nc3ncc(-c4nnc(C(F)F)o4)cn3)cc2[nH]1. The molecule has 0 aliphatic heterocycles. The lowest BCUT2D eigenvalue weighted by atomic mass is 10.0. The van der Waals surface area contributed by atoms with Gasteiger partial charge >= 0.3 is 6.43 Å². The summed E-state index contributed by atoms with van der Waals surface area (Å²) in [5.74, 6) is 0.369. The number of halogens is 2. The summed E-state index contributed by atoms with van der Waals surface area (Å²) in [4.78, 5) is 18.8. The number of rotatable bonds is 7. The third-order valence-corrected chi connectivity index (χ3v) is 4.97. The molecule has 11 heteroatoms. The van der Waals surface area contributed by atoms with Gasteiger partial charge in [0.15, 0.2) is 0 Å². The number of hydrogen-bond donors (Lipinski definition) is 2. The smallest absolute Gasteiger partial charge is 0.314 e. The topological polar surface area (TPSA) is 109 Å². The average molecular weight is 462 g/mol. The molecule has 0 unspecified atom stereocenters. The standard InChI is InChI=1S/C23H20F2N8O/c1-33(2)12-18-29-17-9-15(8-16(19(17)30-18)13-6-4-3-5-7-13)28-23-26-10-14(11-27-23)21-31-32-22(34-21)20(24)25/h3-11,20H,12H2,1-2H3,(H,29,30)(H,26,27,28). The predicted molar refractivity (Wildman–Crippen MR) is 122 cm³/mol. The van der Waals surface area contributed by atoms with E-state index in [0.717, 1.165) is 33.7 Å². The second-order valence-corrected chi connectivity index (χ2v) is 7.87. The number of imidazole rings is 1. The Labute approximate surface area is 192 Å². The Balaban J connectivity index is 1.47. The van der Waals surface area contributed by atoms with Gasteiger partial charge in [-0.1, -0.05) is 30.3 Å². The molecule has 0 bridgehead atoms. The fourth-order valence-electron chi connectivity index (χ4n) is 3.52. The van der Waals surface area contributed by atoms with E-state index in [1.165, 1.54) is 12.4 Å². The van der Waals surface area contributed by atoms with Gasteiger partial charge in [0.25, 0.3) is 11.8 Å². The lowest BCUT2D eigenvalue weighted by Crippen LogP contribution is -2.11. The first-order valence-electron chi connectivity index (χ1n) is 10.4.